The maximum atomic E-state index is 13.8. The lowest BCUT2D eigenvalue weighted by Crippen LogP contribution is -2.39. The fourth-order valence-electron chi connectivity index (χ4n) is 3.14. The van der Waals surface area contributed by atoms with Crippen molar-refractivity contribution in [1.82, 2.24) is 19.7 Å². The third-order valence-corrected chi connectivity index (χ3v) is 4.63. The van der Waals surface area contributed by atoms with Crippen molar-refractivity contribution < 1.29 is 35.9 Å². The standard InChI is InChI=1S/C17H14F6N4O2/c18-11-6-13(20)12(19)5-10(11)9(8-28)1-2-15(29)26-3-4-27-14(7-26)24-25-16(27)17(21,22)23/h5-6,8-9H,1-4,7H2. The Morgan fingerprint density at radius 2 is 1.79 bits per heavy atom. The monoisotopic (exact) mass is 420 g/mol. The Labute approximate surface area is 160 Å². The Balaban J connectivity index is 1.66. The number of aromatic nitrogens is 3. The van der Waals surface area contributed by atoms with Crippen molar-refractivity contribution in [2.75, 3.05) is 6.54 Å². The molecule has 156 valence electrons. The maximum Gasteiger partial charge on any atom is 0.451 e. The van der Waals surface area contributed by atoms with E-state index in [1.165, 1.54) is 4.90 Å². The molecule has 0 saturated carbocycles. The molecule has 12 heteroatoms. The predicted molar refractivity (Wildman–Crippen MR) is 84.8 cm³/mol. The van der Waals surface area contributed by atoms with Gasteiger partial charge in [-0.05, 0) is 12.5 Å². The summed E-state index contributed by atoms with van der Waals surface area (Å²) in [6.45, 7) is -0.386. The Morgan fingerprint density at radius 1 is 1.10 bits per heavy atom. The van der Waals surface area contributed by atoms with E-state index < -0.39 is 41.3 Å². The van der Waals surface area contributed by atoms with Crippen molar-refractivity contribution >= 4 is 12.2 Å². The molecule has 0 N–H and O–H groups in total. The van der Waals surface area contributed by atoms with Gasteiger partial charge in [-0.25, -0.2) is 13.2 Å². The van der Waals surface area contributed by atoms with Crippen LogP contribution in [-0.4, -0.2) is 38.4 Å². The van der Waals surface area contributed by atoms with Gasteiger partial charge in [0.2, 0.25) is 11.7 Å². The van der Waals surface area contributed by atoms with Crippen LogP contribution >= 0.6 is 0 Å². The second-order valence-corrected chi connectivity index (χ2v) is 6.47. The highest BCUT2D eigenvalue weighted by molar-refractivity contribution is 5.77. The van der Waals surface area contributed by atoms with Gasteiger partial charge in [0.15, 0.2) is 17.5 Å². The second-order valence-electron chi connectivity index (χ2n) is 6.47. The fraction of sp³-hybridized carbons (Fsp3) is 0.412. The van der Waals surface area contributed by atoms with E-state index in [0.717, 1.165) is 4.57 Å². The summed E-state index contributed by atoms with van der Waals surface area (Å²) in [5, 5.41) is 6.57. The summed E-state index contributed by atoms with van der Waals surface area (Å²) in [5.74, 6) is -6.69. The van der Waals surface area contributed by atoms with Crippen LogP contribution in [0.1, 0.15) is 36.0 Å². The third kappa shape index (κ3) is 4.25. The molecule has 1 amide bonds. The van der Waals surface area contributed by atoms with Gasteiger partial charge in [0, 0.05) is 37.1 Å². The maximum absolute atomic E-state index is 13.8. The van der Waals surface area contributed by atoms with E-state index in [9.17, 15) is 35.9 Å². The van der Waals surface area contributed by atoms with E-state index in [2.05, 4.69) is 10.2 Å². The average molecular weight is 420 g/mol. The molecule has 1 aromatic carbocycles. The van der Waals surface area contributed by atoms with Gasteiger partial charge in [-0.2, -0.15) is 13.2 Å². The molecular weight excluding hydrogens is 406 g/mol. The summed E-state index contributed by atoms with van der Waals surface area (Å²) in [4.78, 5) is 24.9. The number of halogens is 6. The van der Waals surface area contributed by atoms with Crippen LogP contribution in [0.2, 0.25) is 0 Å². The van der Waals surface area contributed by atoms with E-state index in [4.69, 9.17) is 0 Å². The summed E-state index contributed by atoms with van der Waals surface area (Å²) < 4.78 is 79.6. The molecule has 6 nitrogen and oxygen atoms in total. The first-order valence-electron chi connectivity index (χ1n) is 8.48. The molecule has 2 aromatic rings. The quantitative estimate of drug-likeness (QED) is 0.424. The van der Waals surface area contributed by atoms with Gasteiger partial charge >= 0.3 is 6.18 Å². The number of hydrogen-bond donors (Lipinski definition) is 0. The molecule has 29 heavy (non-hydrogen) atoms. The van der Waals surface area contributed by atoms with Gasteiger partial charge in [-0.3, -0.25) is 4.79 Å². The molecule has 0 radical (unpaired) electrons. The van der Waals surface area contributed by atoms with Crippen LogP contribution in [0.4, 0.5) is 26.3 Å². The van der Waals surface area contributed by atoms with Crippen LogP contribution in [0.3, 0.4) is 0 Å². The van der Waals surface area contributed by atoms with Crippen LogP contribution in [0, 0.1) is 17.5 Å². The number of alkyl halides is 3. The molecule has 1 aliphatic heterocycles. The molecular formula is C17H14F6N4O2. The van der Waals surface area contributed by atoms with Crippen LogP contribution in [0.5, 0.6) is 0 Å². The van der Waals surface area contributed by atoms with Crippen LogP contribution in [-0.2, 0) is 28.9 Å². The van der Waals surface area contributed by atoms with E-state index in [0.29, 0.717) is 18.4 Å². The van der Waals surface area contributed by atoms with Gasteiger partial charge in [0.1, 0.15) is 12.1 Å². The van der Waals surface area contributed by atoms with Crippen LogP contribution < -0.4 is 0 Å². The summed E-state index contributed by atoms with van der Waals surface area (Å²) in [7, 11) is 0. The van der Waals surface area contributed by atoms with Crippen LogP contribution in [0.25, 0.3) is 0 Å². The highest BCUT2D eigenvalue weighted by atomic mass is 19.4. The third-order valence-electron chi connectivity index (χ3n) is 4.63. The minimum Gasteiger partial charge on any atom is -0.333 e. The van der Waals surface area contributed by atoms with E-state index in [1.54, 1.807) is 0 Å². The topological polar surface area (TPSA) is 68.1 Å². The molecule has 1 atom stereocenters. The Bertz CT molecular complexity index is 943. The largest absolute Gasteiger partial charge is 0.451 e. The Hall–Kier alpha value is -2.92. The molecule has 1 aliphatic rings. The van der Waals surface area contributed by atoms with E-state index in [1.807, 2.05) is 0 Å². The van der Waals surface area contributed by atoms with Gasteiger partial charge in [0.05, 0.1) is 6.54 Å². The minimum absolute atomic E-state index is 0.0295. The van der Waals surface area contributed by atoms with Gasteiger partial charge < -0.3 is 14.3 Å². The Morgan fingerprint density at radius 3 is 2.45 bits per heavy atom. The van der Waals surface area contributed by atoms with Gasteiger partial charge in [-0.1, -0.05) is 0 Å². The molecule has 0 aliphatic carbocycles. The summed E-state index contributed by atoms with van der Waals surface area (Å²) in [6, 6.07) is 0.884. The lowest BCUT2D eigenvalue weighted by Gasteiger charge is -2.28. The first-order chi connectivity index (χ1) is 13.6. The molecule has 0 fully saturated rings. The first-order valence-corrected chi connectivity index (χ1v) is 8.48. The number of nitrogens with zero attached hydrogens (tertiary/aromatic N) is 4. The number of hydrogen-bond acceptors (Lipinski definition) is 4. The highest BCUT2D eigenvalue weighted by Gasteiger charge is 2.39. The molecule has 0 saturated heterocycles. The number of fused-ring (bicyclic) bond motifs is 1. The summed E-state index contributed by atoms with van der Waals surface area (Å²) >= 11 is 0. The molecule has 0 spiro atoms. The smallest absolute Gasteiger partial charge is 0.333 e. The number of rotatable bonds is 5. The van der Waals surface area contributed by atoms with Crippen molar-refractivity contribution in [1.29, 1.82) is 0 Å². The first kappa shape index (κ1) is 20.8. The SMILES string of the molecule is O=CC(CCC(=O)N1CCn2c(nnc2C(F)(F)F)C1)c1cc(F)c(F)cc1F. The number of carbonyl (C=O) groups is 2. The zero-order valence-corrected chi connectivity index (χ0v) is 14.7. The highest BCUT2D eigenvalue weighted by Crippen LogP contribution is 2.30. The fourth-order valence-corrected chi connectivity index (χ4v) is 3.14. The molecule has 1 aromatic heterocycles. The van der Waals surface area contributed by atoms with Gasteiger partial charge in [-0.15, -0.1) is 10.2 Å². The van der Waals surface area contributed by atoms with Crippen molar-refractivity contribution in [2.45, 2.75) is 38.0 Å². The van der Waals surface area contributed by atoms with Crippen molar-refractivity contribution in [2.24, 2.45) is 0 Å². The number of aldehydes is 1. The number of benzene rings is 1. The minimum atomic E-state index is -4.66. The molecule has 2 heterocycles. The lowest BCUT2D eigenvalue weighted by molar-refractivity contribution is -0.148. The lowest BCUT2D eigenvalue weighted by atomic mass is 9.94. The molecule has 1 unspecified atom stereocenters. The van der Waals surface area contributed by atoms with Crippen molar-refractivity contribution in [3.8, 4) is 0 Å². The molecule has 0 bridgehead atoms. The summed E-state index contributed by atoms with van der Waals surface area (Å²) in [5.41, 5.74) is -0.375. The van der Waals surface area contributed by atoms with E-state index >= 15 is 0 Å². The van der Waals surface area contributed by atoms with E-state index in [-0.39, 0.29) is 43.9 Å². The summed E-state index contributed by atoms with van der Waals surface area (Å²) in [6.07, 6.45) is -4.77. The zero-order chi connectivity index (χ0) is 21.3. The van der Waals surface area contributed by atoms with Gasteiger partial charge in [0.25, 0.3) is 0 Å². The number of amides is 1. The average Bonchev–Trinajstić information content (AvgIpc) is 3.09. The second kappa shape index (κ2) is 7.84. The predicted octanol–water partition coefficient (Wildman–Crippen LogP) is 2.82. The number of carbonyl (C=O) groups excluding carboxylic acids is 2. The molecule has 3 rings (SSSR count). The van der Waals surface area contributed by atoms with Crippen molar-refractivity contribution in [3.63, 3.8) is 0 Å². The van der Waals surface area contributed by atoms with Crippen LogP contribution in [0.15, 0.2) is 12.1 Å². The Kier molecular flexibility index (Phi) is 5.62. The zero-order valence-electron chi connectivity index (χ0n) is 14.7. The van der Waals surface area contributed by atoms with Crippen molar-refractivity contribution in [3.05, 3.63) is 46.8 Å². The normalized spacial score (nSPS) is 15.2.